The molecule has 1 unspecified atom stereocenters. The third-order valence-electron chi connectivity index (χ3n) is 2.14. The molecule has 1 fully saturated rings. The van der Waals surface area contributed by atoms with Gasteiger partial charge >= 0.3 is 0 Å². The number of hydrogen-bond donors (Lipinski definition) is 0. The van der Waals surface area contributed by atoms with Crippen LogP contribution in [-0.2, 0) is 9.47 Å². The van der Waals surface area contributed by atoms with Crippen LogP contribution in [0, 0.1) is 0 Å². The molecule has 0 bridgehead atoms. The van der Waals surface area contributed by atoms with Gasteiger partial charge in [-0.2, -0.15) is 0 Å². The van der Waals surface area contributed by atoms with Crippen LogP contribution in [0.4, 0.5) is 0 Å². The van der Waals surface area contributed by atoms with Crippen molar-refractivity contribution in [2.75, 3.05) is 13.2 Å². The highest BCUT2D eigenvalue weighted by Crippen LogP contribution is 2.16. The molecule has 2 nitrogen and oxygen atoms in total. The van der Waals surface area contributed by atoms with Crippen LogP contribution in [0.3, 0.4) is 0 Å². The van der Waals surface area contributed by atoms with Gasteiger partial charge in [-0.05, 0) is 18.1 Å². The summed E-state index contributed by atoms with van der Waals surface area (Å²) in [5, 5.41) is 0. The molecule has 1 rings (SSSR count). The topological polar surface area (TPSA) is 21.8 Å². The molecule has 1 saturated heterocycles. The molecule has 0 saturated carbocycles. The molecule has 0 aromatic heterocycles. The second-order valence-corrected chi connectivity index (χ2v) is 3.31. The van der Waals surface area contributed by atoms with Crippen molar-refractivity contribution in [1.29, 1.82) is 0 Å². The van der Waals surface area contributed by atoms with Crippen LogP contribution in [0.25, 0.3) is 0 Å². The van der Waals surface area contributed by atoms with Crippen LogP contribution >= 0.6 is 0 Å². The molecule has 0 aliphatic carbocycles. The van der Waals surface area contributed by atoms with Crippen LogP contribution in [0.1, 0.15) is 13.3 Å². The van der Waals surface area contributed by atoms with E-state index in [4.69, 9.17) is 9.47 Å². The molecule has 15 heavy (non-hydrogen) atoms. The van der Waals surface area contributed by atoms with E-state index in [2.05, 4.69) is 20.1 Å². The predicted octanol–water partition coefficient (Wildman–Crippen LogP) is 2.99. The van der Waals surface area contributed by atoms with E-state index in [1.807, 2.05) is 12.2 Å². The summed E-state index contributed by atoms with van der Waals surface area (Å²) in [5.74, 6) is 0.839. The molecule has 0 radical (unpaired) electrons. The zero-order chi connectivity index (χ0) is 11.1. The average Bonchev–Trinajstić information content (AvgIpc) is 3.06. The molecule has 0 aromatic rings. The van der Waals surface area contributed by atoms with E-state index in [1.165, 1.54) is 0 Å². The molecule has 0 spiro atoms. The number of hydrogen-bond acceptors (Lipinski definition) is 2. The second-order valence-electron chi connectivity index (χ2n) is 3.31. The Morgan fingerprint density at radius 1 is 1.53 bits per heavy atom. The van der Waals surface area contributed by atoms with E-state index in [0.29, 0.717) is 6.61 Å². The Balaban J connectivity index is 2.61. The highest BCUT2D eigenvalue weighted by atomic mass is 16.6. The monoisotopic (exact) mass is 206 g/mol. The minimum atomic E-state index is 0.279. The third kappa shape index (κ3) is 4.17. The van der Waals surface area contributed by atoms with Crippen molar-refractivity contribution in [1.82, 2.24) is 0 Å². The fourth-order valence-electron chi connectivity index (χ4n) is 1.19. The van der Waals surface area contributed by atoms with Crippen molar-refractivity contribution in [3.05, 3.63) is 48.8 Å². The number of epoxide rings is 1. The van der Waals surface area contributed by atoms with Gasteiger partial charge in [0.2, 0.25) is 0 Å². The van der Waals surface area contributed by atoms with Gasteiger partial charge in [-0.3, -0.25) is 0 Å². The van der Waals surface area contributed by atoms with Crippen molar-refractivity contribution in [3.8, 4) is 0 Å². The molecule has 0 N–H and O–H groups in total. The summed E-state index contributed by atoms with van der Waals surface area (Å²) in [6.07, 6.45) is 8.59. The minimum absolute atomic E-state index is 0.279. The molecule has 1 aliphatic heterocycles. The Morgan fingerprint density at radius 3 is 2.73 bits per heavy atom. The number of allylic oxidation sites excluding steroid dienone is 5. The van der Waals surface area contributed by atoms with Crippen LogP contribution in [-0.4, -0.2) is 19.3 Å². The van der Waals surface area contributed by atoms with E-state index in [0.717, 1.165) is 24.4 Å². The van der Waals surface area contributed by atoms with E-state index in [-0.39, 0.29) is 6.10 Å². The fourth-order valence-corrected chi connectivity index (χ4v) is 1.19. The molecule has 82 valence electrons. The molecular weight excluding hydrogens is 188 g/mol. The normalized spacial score (nSPS) is 21.0. The zero-order valence-electron chi connectivity index (χ0n) is 9.24. The molecule has 1 atom stereocenters. The van der Waals surface area contributed by atoms with Gasteiger partial charge in [-0.1, -0.05) is 38.3 Å². The smallest absolute Gasteiger partial charge is 0.122 e. The molecule has 0 aromatic carbocycles. The van der Waals surface area contributed by atoms with Crippen molar-refractivity contribution in [3.63, 3.8) is 0 Å². The first-order chi connectivity index (χ1) is 7.31. The first-order valence-corrected chi connectivity index (χ1v) is 5.20. The summed E-state index contributed by atoms with van der Waals surface area (Å²) >= 11 is 0. The van der Waals surface area contributed by atoms with Crippen LogP contribution < -0.4 is 0 Å². The third-order valence-corrected chi connectivity index (χ3v) is 2.14. The predicted molar refractivity (Wildman–Crippen MR) is 62.5 cm³/mol. The van der Waals surface area contributed by atoms with Crippen molar-refractivity contribution < 1.29 is 9.47 Å². The van der Waals surface area contributed by atoms with E-state index < -0.39 is 0 Å². The highest BCUT2D eigenvalue weighted by Gasteiger charge is 2.23. The summed E-state index contributed by atoms with van der Waals surface area (Å²) < 4.78 is 10.7. The lowest BCUT2D eigenvalue weighted by Gasteiger charge is -2.08. The van der Waals surface area contributed by atoms with Gasteiger partial charge in [-0.25, -0.2) is 0 Å². The van der Waals surface area contributed by atoms with Crippen molar-refractivity contribution >= 4 is 0 Å². The van der Waals surface area contributed by atoms with Crippen molar-refractivity contribution in [2.24, 2.45) is 0 Å². The Bertz CT molecular complexity index is 283. The Hall–Kier alpha value is -1.28. The van der Waals surface area contributed by atoms with Gasteiger partial charge in [0.1, 0.15) is 18.5 Å². The Labute approximate surface area is 91.6 Å². The Morgan fingerprint density at radius 2 is 2.27 bits per heavy atom. The summed E-state index contributed by atoms with van der Waals surface area (Å²) in [7, 11) is 0. The van der Waals surface area contributed by atoms with Crippen LogP contribution in [0.15, 0.2) is 48.8 Å². The van der Waals surface area contributed by atoms with Gasteiger partial charge in [0.05, 0.1) is 6.61 Å². The highest BCUT2D eigenvalue weighted by molar-refractivity contribution is 5.29. The maximum absolute atomic E-state index is 5.62. The fraction of sp³-hybridized carbons (Fsp3) is 0.385. The number of rotatable bonds is 7. The van der Waals surface area contributed by atoms with Crippen LogP contribution in [0.2, 0.25) is 0 Å². The van der Waals surface area contributed by atoms with Gasteiger partial charge in [0.15, 0.2) is 0 Å². The summed E-state index contributed by atoms with van der Waals surface area (Å²) in [4.78, 5) is 0. The number of ether oxygens (including phenoxy) is 2. The summed E-state index contributed by atoms with van der Waals surface area (Å²) in [5.41, 5.74) is 1.13. The molecule has 2 heteroatoms. The summed E-state index contributed by atoms with van der Waals surface area (Å²) in [6.45, 7) is 10.9. The van der Waals surface area contributed by atoms with Crippen LogP contribution in [0.5, 0.6) is 0 Å². The van der Waals surface area contributed by atoms with Crippen molar-refractivity contribution in [2.45, 2.75) is 19.4 Å². The second kappa shape index (κ2) is 6.25. The maximum Gasteiger partial charge on any atom is 0.122 e. The van der Waals surface area contributed by atoms with Gasteiger partial charge in [0, 0.05) is 0 Å². The average molecular weight is 206 g/mol. The molecular formula is C13H18O2. The van der Waals surface area contributed by atoms with Gasteiger partial charge in [-0.15, -0.1) is 0 Å². The Kier molecular flexibility index (Phi) is 4.91. The maximum atomic E-state index is 5.62. The molecule has 1 aliphatic rings. The largest absolute Gasteiger partial charge is 0.491 e. The summed E-state index contributed by atoms with van der Waals surface area (Å²) in [6, 6.07) is 0. The first-order valence-electron chi connectivity index (χ1n) is 5.20. The van der Waals surface area contributed by atoms with Gasteiger partial charge in [0.25, 0.3) is 0 Å². The quantitative estimate of drug-likeness (QED) is 0.363. The minimum Gasteiger partial charge on any atom is -0.491 e. The SMILES string of the molecule is C=C/C=C\C(CC)=C(/C=C)OCC1CO1. The van der Waals surface area contributed by atoms with Gasteiger partial charge < -0.3 is 9.47 Å². The van der Waals surface area contributed by atoms with E-state index in [9.17, 15) is 0 Å². The first kappa shape index (κ1) is 11.8. The van der Waals surface area contributed by atoms with E-state index in [1.54, 1.807) is 12.2 Å². The molecule has 1 heterocycles. The zero-order valence-corrected chi connectivity index (χ0v) is 9.24. The lowest BCUT2D eigenvalue weighted by Crippen LogP contribution is -2.01. The molecule has 0 amide bonds. The van der Waals surface area contributed by atoms with E-state index >= 15 is 0 Å². The lowest BCUT2D eigenvalue weighted by molar-refractivity contribution is 0.190. The lowest BCUT2D eigenvalue weighted by atomic mass is 10.1. The standard InChI is InChI=1S/C13H18O2/c1-4-7-8-11(5-2)13(6-3)15-10-12-9-14-12/h4,6-8,12H,1,3,5,9-10H2,2H3/b8-7-,13-11+.